The Hall–Kier alpha value is -0.900. The first-order valence-electron chi connectivity index (χ1n) is 5.93. The van der Waals surface area contributed by atoms with Gasteiger partial charge in [-0.05, 0) is 25.9 Å². The topological polar surface area (TPSA) is 30.5 Å². The van der Waals surface area contributed by atoms with Gasteiger partial charge in [-0.2, -0.15) is 0 Å². The zero-order chi connectivity index (χ0) is 10.8. The van der Waals surface area contributed by atoms with Gasteiger partial charge in [0.2, 0.25) is 0 Å². The molecule has 3 nitrogen and oxygen atoms in total. The maximum Gasteiger partial charge on any atom is 0.184 e. The van der Waals surface area contributed by atoms with Crippen LogP contribution in [0.5, 0.6) is 0 Å². The Morgan fingerprint density at radius 2 is 1.88 bits per heavy atom. The van der Waals surface area contributed by atoms with Crippen LogP contribution >= 0.6 is 0 Å². The number of hydrogen-bond donors (Lipinski definition) is 1. The Kier molecular flexibility index (Phi) is 2.67. The number of benzene rings is 1. The molecule has 2 heterocycles. The molecule has 3 heteroatoms. The summed E-state index contributed by atoms with van der Waals surface area (Å²) in [6, 6.07) is 10.2. The van der Waals surface area contributed by atoms with Crippen LogP contribution in [0.1, 0.15) is 24.7 Å². The maximum atomic E-state index is 6.11. The molecule has 1 aromatic carbocycles. The minimum Gasteiger partial charge on any atom is -0.345 e. The third-order valence-corrected chi connectivity index (χ3v) is 3.44. The summed E-state index contributed by atoms with van der Waals surface area (Å²) in [7, 11) is 0. The molecule has 16 heavy (non-hydrogen) atoms. The monoisotopic (exact) mass is 219 g/mol. The van der Waals surface area contributed by atoms with E-state index in [-0.39, 0.29) is 11.9 Å². The molecule has 0 bridgehead atoms. The molecule has 0 saturated carbocycles. The van der Waals surface area contributed by atoms with Crippen LogP contribution in [0.3, 0.4) is 0 Å². The molecule has 1 unspecified atom stereocenters. The number of hydrogen-bond acceptors (Lipinski definition) is 3. The molecule has 86 valence electrons. The lowest BCUT2D eigenvalue weighted by Crippen LogP contribution is -2.43. The molecular weight excluding hydrogens is 202 g/mol. The summed E-state index contributed by atoms with van der Waals surface area (Å²) in [5.74, 6) is 0. The summed E-state index contributed by atoms with van der Waals surface area (Å²) < 4.78 is 11.9. The predicted molar refractivity (Wildman–Crippen MR) is 61.1 cm³/mol. The fraction of sp³-hybridized carbons (Fsp3) is 0.538. The summed E-state index contributed by atoms with van der Waals surface area (Å²) in [5, 5.41) is 3.35. The van der Waals surface area contributed by atoms with Gasteiger partial charge in [-0.15, -0.1) is 0 Å². The highest BCUT2D eigenvalue weighted by Gasteiger charge is 2.42. The largest absolute Gasteiger partial charge is 0.345 e. The van der Waals surface area contributed by atoms with E-state index in [1.54, 1.807) is 0 Å². The highest BCUT2D eigenvalue weighted by atomic mass is 16.7. The summed E-state index contributed by atoms with van der Waals surface area (Å²) in [6.45, 7) is 2.80. The van der Waals surface area contributed by atoms with Crippen LogP contribution in [0.15, 0.2) is 30.3 Å². The first-order chi connectivity index (χ1) is 7.88. The quantitative estimate of drug-likeness (QED) is 0.782. The molecule has 0 amide bonds. The normalized spacial score (nSPS) is 28.4. The lowest BCUT2D eigenvalue weighted by atomic mass is 9.94. The molecule has 2 saturated heterocycles. The lowest BCUT2D eigenvalue weighted by Gasteiger charge is -2.31. The molecule has 1 spiro atoms. The van der Waals surface area contributed by atoms with E-state index in [9.17, 15) is 0 Å². The Morgan fingerprint density at radius 3 is 2.62 bits per heavy atom. The van der Waals surface area contributed by atoms with Crippen molar-refractivity contribution < 1.29 is 9.47 Å². The maximum absolute atomic E-state index is 6.11. The van der Waals surface area contributed by atoms with Crippen LogP contribution in [-0.4, -0.2) is 25.3 Å². The molecule has 1 atom stereocenters. The van der Waals surface area contributed by atoms with Gasteiger partial charge in [0.1, 0.15) is 0 Å². The van der Waals surface area contributed by atoms with E-state index < -0.39 is 0 Å². The van der Waals surface area contributed by atoms with Crippen molar-refractivity contribution in [1.29, 1.82) is 0 Å². The summed E-state index contributed by atoms with van der Waals surface area (Å²) >= 11 is 0. The fourth-order valence-electron chi connectivity index (χ4n) is 2.44. The van der Waals surface area contributed by atoms with E-state index in [2.05, 4.69) is 17.4 Å². The summed E-state index contributed by atoms with van der Waals surface area (Å²) in [5.41, 5.74) is 1.09. The molecule has 3 rings (SSSR count). The van der Waals surface area contributed by atoms with E-state index in [0.29, 0.717) is 0 Å². The van der Waals surface area contributed by atoms with Crippen LogP contribution in [0.2, 0.25) is 0 Å². The van der Waals surface area contributed by atoms with Crippen LogP contribution in [-0.2, 0) is 9.47 Å². The average Bonchev–Trinajstić information content (AvgIpc) is 2.75. The summed E-state index contributed by atoms with van der Waals surface area (Å²) in [6.07, 6.45) is 1.94. The second-order valence-electron chi connectivity index (χ2n) is 4.60. The second-order valence-corrected chi connectivity index (χ2v) is 4.60. The molecule has 1 aromatic rings. The number of piperidine rings is 1. The Bertz CT molecular complexity index is 346. The Labute approximate surface area is 95.8 Å². The van der Waals surface area contributed by atoms with E-state index >= 15 is 0 Å². The van der Waals surface area contributed by atoms with Crippen molar-refractivity contribution in [3.8, 4) is 0 Å². The summed E-state index contributed by atoms with van der Waals surface area (Å²) in [4.78, 5) is 0. The van der Waals surface area contributed by atoms with Gasteiger partial charge >= 0.3 is 0 Å². The highest BCUT2D eigenvalue weighted by molar-refractivity contribution is 5.17. The molecule has 2 aliphatic rings. The molecule has 2 aliphatic heterocycles. The third-order valence-electron chi connectivity index (χ3n) is 3.44. The van der Waals surface area contributed by atoms with Gasteiger partial charge < -0.3 is 14.8 Å². The predicted octanol–water partition coefficient (Wildman–Crippen LogP) is 1.85. The van der Waals surface area contributed by atoms with Crippen molar-refractivity contribution in [3.63, 3.8) is 0 Å². The van der Waals surface area contributed by atoms with Gasteiger partial charge in [0.05, 0.1) is 12.2 Å². The van der Waals surface area contributed by atoms with Gasteiger partial charge in [-0.25, -0.2) is 0 Å². The Balaban J connectivity index is 1.73. The smallest absolute Gasteiger partial charge is 0.184 e. The van der Waals surface area contributed by atoms with Gasteiger partial charge in [0.25, 0.3) is 0 Å². The van der Waals surface area contributed by atoms with Crippen molar-refractivity contribution in [2.24, 2.45) is 0 Å². The first-order valence-corrected chi connectivity index (χ1v) is 5.93. The standard InChI is InChI=1S/C13H17NO2/c1-2-4-11(5-3-1)12-15-10-13(16-12)6-8-14-9-7-13/h1-5,12,14H,6-10H2. The van der Waals surface area contributed by atoms with Crippen molar-refractivity contribution in [1.82, 2.24) is 5.32 Å². The molecule has 0 radical (unpaired) electrons. The molecule has 2 fully saturated rings. The van der Waals surface area contributed by atoms with Gasteiger partial charge in [0, 0.05) is 5.56 Å². The Morgan fingerprint density at radius 1 is 1.12 bits per heavy atom. The third kappa shape index (κ3) is 1.86. The zero-order valence-electron chi connectivity index (χ0n) is 9.32. The highest BCUT2D eigenvalue weighted by Crippen LogP contribution is 2.38. The molecular formula is C13H17NO2. The van der Waals surface area contributed by atoms with Gasteiger partial charge in [0.15, 0.2) is 6.29 Å². The van der Waals surface area contributed by atoms with Crippen molar-refractivity contribution in [2.75, 3.05) is 19.7 Å². The minimum absolute atomic E-state index is 0.0360. The number of ether oxygens (including phenoxy) is 2. The number of rotatable bonds is 1. The second kappa shape index (κ2) is 4.17. The van der Waals surface area contributed by atoms with Crippen LogP contribution < -0.4 is 5.32 Å². The van der Waals surface area contributed by atoms with Gasteiger partial charge in [-0.1, -0.05) is 30.3 Å². The lowest BCUT2D eigenvalue weighted by molar-refractivity contribution is -0.101. The number of nitrogens with one attached hydrogen (secondary N) is 1. The van der Waals surface area contributed by atoms with Crippen molar-refractivity contribution in [3.05, 3.63) is 35.9 Å². The van der Waals surface area contributed by atoms with Gasteiger partial charge in [-0.3, -0.25) is 0 Å². The molecule has 0 aliphatic carbocycles. The van der Waals surface area contributed by atoms with Crippen molar-refractivity contribution in [2.45, 2.75) is 24.7 Å². The van der Waals surface area contributed by atoms with Crippen molar-refractivity contribution >= 4 is 0 Å². The SMILES string of the molecule is c1ccc(C2OCC3(CCNCC3)O2)cc1. The van der Waals surface area contributed by atoms with Crippen LogP contribution in [0, 0.1) is 0 Å². The zero-order valence-corrected chi connectivity index (χ0v) is 9.32. The van der Waals surface area contributed by atoms with Crippen LogP contribution in [0.25, 0.3) is 0 Å². The van der Waals surface area contributed by atoms with E-state index in [1.807, 2.05) is 18.2 Å². The van der Waals surface area contributed by atoms with E-state index in [1.165, 1.54) is 0 Å². The van der Waals surface area contributed by atoms with E-state index in [0.717, 1.165) is 38.1 Å². The average molecular weight is 219 g/mol. The van der Waals surface area contributed by atoms with Crippen LogP contribution in [0.4, 0.5) is 0 Å². The molecule has 1 N–H and O–H groups in total. The van der Waals surface area contributed by atoms with E-state index in [4.69, 9.17) is 9.47 Å². The first kappa shape index (κ1) is 10.3. The fourth-order valence-corrected chi connectivity index (χ4v) is 2.44. The molecule has 0 aromatic heterocycles. The minimum atomic E-state index is -0.167.